The molecule has 82 valence electrons. The third-order valence-corrected chi connectivity index (χ3v) is 2.67. The molecular weight excluding hydrogens is 186 g/mol. The zero-order valence-electron chi connectivity index (χ0n) is 9.96. The van der Waals surface area contributed by atoms with Crippen LogP contribution in [0.3, 0.4) is 0 Å². The van der Waals surface area contributed by atoms with Crippen LogP contribution >= 0.6 is 0 Å². The SMILES string of the molecule is CNc1cc(C2CC2)nc(C(C)(C)C)n1. The van der Waals surface area contributed by atoms with Crippen molar-refractivity contribution in [3.8, 4) is 0 Å². The lowest BCUT2D eigenvalue weighted by Crippen LogP contribution is -2.17. The first kappa shape index (κ1) is 10.4. The van der Waals surface area contributed by atoms with E-state index in [2.05, 4.69) is 42.1 Å². The van der Waals surface area contributed by atoms with Crippen molar-refractivity contribution in [3.05, 3.63) is 17.6 Å². The maximum Gasteiger partial charge on any atom is 0.136 e. The van der Waals surface area contributed by atoms with Gasteiger partial charge in [-0.1, -0.05) is 20.8 Å². The highest BCUT2D eigenvalue weighted by atomic mass is 15.0. The molecule has 0 aliphatic heterocycles. The fourth-order valence-corrected chi connectivity index (χ4v) is 1.52. The number of rotatable bonds is 2. The minimum absolute atomic E-state index is 0.0243. The number of hydrogen-bond acceptors (Lipinski definition) is 3. The molecule has 15 heavy (non-hydrogen) atoms. The van der Waals surface area contributed by atoms with E-state index in [0.29, 0.717) is 5.92 Å². The monoisotopic (exact) mass is 205 g/mol. The molecule has 0 amide bonds. The van der Waals surface area contributed by atoms with Crippen LogP contribution in [-0.4, -0.2) is 17.0 Å². The Bertz CT molecular complexity index is 362. The first-order chi connectivity index (χ1) is 7.00. The van der Waals surface area contributed by atoms with E-state index in [4.69, 9.17) is 0 Å². The molecule has 0 bridgehead atoms. The molecule has 0 aromatic carbocycles. The second kappa shape index (κ2) is 3.47. The molecule has 0 spiro atoms. The molecule has 1 heterocycles. The molecule has 1 aromatic heterocycles. The molecule has 0 radical (unpaired) electrons. The normalized spacial score (nSPS) is 16.5. The van der Waals surface area contributed by atoms with Gasteiger partial charge in [-0.2, -0.15) is 0 Å². The zero-order valence-corrected chi connectivity index (χ0v) is 9.96. The summed E-state index contributed by atoms with van der Waals surface area (Å²) < 4.78 is 0. The molecule has 3 nitrogen and oxygen atoms in total. The van der Waals surface area contributed by atoms with Gasteiger partial charge in [-0.25, -0.2) is 9.97 Å². The van der Waals surface area contributed by atoms with Crippen molar-refractivity contribution in [1.29, 1.82) is 0 Å². The van der Waals surface area contributed by atoms with E-state index in [9.17, 15) is 0 Å². The molecule has 0 saturated heterocycles. The Hall–Kier alpha value is -1.12. The van der Waals surface area contributed by atoms with Crippen LogP contribution in [0.4, 0.5) is 5.82 Å². The lowest BCUT2D eigenvalue weighted by Gasteiger charge is -2.18. The predicted octanol–water partition coefficient (Wildman–Crippen LogP) is 2.69. The van der Waals surface area contributed by atoms with Crippen LogP contribution in [-0.2, 0) is 5.41 Å². The van der Waals surface area contributed by atoms with E-state index in [1.807, 2.05) is 7.05 Å². The Balaban J connectivity index is 2.41. The van der Waals surface area contributed by atoms with Crippen LogP contribution in [0.1, 0.15) is 51.0 Å². The second-order valence-corrected chi connectivity index (χ2v) is 5.28. The third kappa shape index (κ3) is 2.28. The van der Waals surface area contributed by atoms with Gasteiger partial charge in [0.25, 0.3) is 0 Å². The minimum Gasteiger partial charge on any atom is -0.373 e. The van der Waals surface area contributed by atoms with Gasteiger partial charge in [-0.15, -0.1) is 0 Å². The highest BCUT2D eigenvalue weighted by Gasteiger charge is 2.28. The van der Waals surface area contributed by atoms with E-state index in [-0.39, 0.29) is 5.41 Å². The molecule has 1 aromatic rings. The number of nitrogens with one attached hydrogen (secondary N) is 1. The number of nitrogens with zero attached hydrogens (tertiary/aromatic N) is 2. The van der Waals surface area contributed by atoms with Crippen molar-refractivity contribution in [2.24, 2.45) is 0 Å². The summed E-state index contributed by atoms with van der Waals surface area (Å²) in [5.41, 5.74) is 1.23. The van der Waals surface area contributed by atoms with Crippen molar-refractivity contribution in [2.75, 3.05) is 12.4 Å². The summed E-state index contributed by atoms with van der Waals surface area (Å²) in [6, 6.07) is 2.08. The summed E-state index contributed by atoms with van der Waals surface area (Å²) in [7, 11) is 1.91. The van der Waals surface area contributed by atoms with E-state index in [0.717, 1.165) is 11.6 Å². The van der Waals surface area contributed by atoms with Gasteiger partial charge in [-0.3, -0.25) is 0 Å². The molecular formula is C12H19N3. The average Bonchev–Trinajstić information content (AvgIpc) is 2.99. The van der Waals surface area contributed by atoms with Gasteiger partial charge in [-0.05, 0) is 12.8 Å². The van der Waals surface area contributed by atoms with Crippen molar-refractivity contribution in [1.82, 2.24) is 9.97 Å². The summed E-state index contributed by atoms with van der Waals surface area (Å²) in [6.07, 6.45) is 2.56. The average molecular weight is 205 g/mol. The number of hydrogen-bond donors (Lipinski definition) is 1. The quantitative estimate of drug-likeness (QED) is 0.806. The number of anilines is 1. The molecule has 0 unspecified atom stereocenters. The fourth-order valence-electron chi connectivity index (χ4n) is 1.52. The van der Waals surface area contributed by atoms with Crippen LogP contribution in [0.25, 0.3) is 0 Å². The molecule has 1 saturated carbocycles. The minimum atomic E-state index is 0.0243. The van der Waals surface area contributed by atoms with Gasteiger partial charge in [0.1, 0.15) is 11.6 Å². The summed E-state index contributed by atoms with van der Waals surface area (Å²) in [6.45, 7) is 6.45. The molecule has 1 fully saturated rings. The Morgan fingerprint density at radius 3 is 2.40 bits per heavy atom. The smallest absolute Gasteiger partial charge is 0.136 e. The fraction of sp³-hybridized carbons (Fsp3) is 0.667. The van der Waals surface area contributed by atoms with Gasteiger partial charge in [0.2, 0.25) is 0 Å². The van der Waals surface area contributed by atoms with Crippen molar-refractivity contribution >= 4 is 5.82 Å². The van der Waals surface area contributed by atoms with Crippen LogP contribution in [0.15, 0.2) is 6.07 Å². The molecule has 1 aliphatic carbocycles. The highest BCUT2D eigenvalue weighted by Crippen LogP contribution is 2.40. The van der Waals surface area contributed by atoms with Crippen LogP contribution < -0.4 is 5.32 Å². The highest BCUT2D eigenvalue weighted by molar-refractivity contribution is 5.38. The van der Waals surface area contributed by atoms with Crippen molar-refractivity contribution in [3.63, 3.8) is 0 Å². The summed E-state index contributed by atoms with van der Waals surface area (Å²) in [5.74, 6) is 2.56. The Labute approximate surface area is 91.3 Å². The largest absolute Gasteiger partial charge is 0.373 e. The van der Waals surface area contributed by atoms with Gasteiger partial charge >= 0.3 is 0 Å². The van der Waals surface area contributed by atoms with Gasteiger partial charge in [0.15, 0.2) is 0 Å². The summed E-state index contributed by atoms with van der Waals surface area (Å²) >= 11 is 0. The molecule has 1 aliphatic rings. The maximum absolute atomic E-state index is 4.66. The van der Waals surface area contributed by atoms with Crippen molar-refractivity contribution < 1.29 is 0 Å². The standard InChI is InChI=1S/C12H19N3/c1-12(2,3)11-14-9(8-5-6-8)7-10(13-4)15-11/h7-8H,5-6H2,1-4H3,(H,13,14,15). The lowest BCUT2D eigenvalue weighted by molar-refractivity contribution is 0.542. The van der Waals surface area contributed by atoms with E-state index in [1.165, 1.54) is 18.5 Å². The van der Waals surface area contributed by atoms with Gasteiger partial charge < -0.3 is 5.32 Å². The van der Waals surface area contributed by atoms with Crippen LogP contribution in [0.5, 0.6) is 0 Å². The first-order valence-electron chi connectivity index (χ1n) is 5.58. The first-order valence-corrected chi connectivity index (χ1v) is 5.58. The summed E-state index contributed by atoms with van der Waals surface area (Å²) in [5, 5.41) is 3.11. The van der Waals surface area contributed by atoms with E-state index >= 15 is 0 Å². The second-order valence-electron chi connectivity index (χ2n) is 5.28. The summed E-state index contributed by atoms with van der Waals surface area (Å²) in [4.78, 5) is 9.17. The molecule has 2 rings (SSSR count). The Morgan fingerprint density at radius 2 is 1.93 bits per heavy atom. The zero-order chi connectivity index (χ0) is 11.1. The predicted molar refractivity (Wildman–Crippen MR) is 62.3 cm³/mol. The lowest BCUT2D eigenvalue weighted by atomic mass is 9.95. The number of aromatic nitrogens is 2. The molecule has 0 atom stereocenters. The van der Waals surface area contributed by atoms with E-state index < -0.39 is 0 Å². The van der Waals surface area contributed by atoms with Gasteiger partial charge in [0, 0.05) is 30.1 Å². The molecule has 3 heteroatoms. The maximum atomic E-state index is 4.66. The van der Waals surface area contributed by atoms with Gasteiger partial charge in [0.05, 0.1) is 0 Å². The van der Waals surface area contributed by atoms with Crippen LogP contribution in [0, 0.1) is 0 Å². The Morgan fingerprint density at radius 1 is 1.27 bits per heavy atom. The third-order valence-electron chi connectivity index (χ3n) is 2.67. The van der Waals surface area contributed by atoms with E-state index in [1.54, 1.807) is 0 Å². The van der Waals surface area contributed by atoms with Crippen molar-refractivity contribution in [2.45, 2.75) is 44.9 Å². The Kier molecular flexibility index (Phi) is 2.41. The topological polar surface area (TPSA) is 37.8 Å². The van der Waals surface area contributed by atoms with Crippen LogP contribution in [0.2, 0.25) is 0 Å². The molecule has 1 N–H and O–H groups in total.